The second-order valence-corrected chi connectivity index (χ2v) is 6.27. The highest BCUT2D eigenvalue weighted by atomic mass is 79.9. The maximum absolute atomic E-state index is 12.9. The van der Waals surface area contributed by atoms with Crippen LogP contribution in [-0.2, 0) is 11.3 Å². The molecule has 1 unspecified atom stereocenters. The van der Waals surface area contributed by atoms with Gasteiger partial charge in [-0.15, -0.1) is 0 Å². The van der Waals surface area contributed by atoms with Crippen LogP contribution in [0.25, 0.3) is 0 Å². The molecule has 1 aliphatic rings. The average molecular weight is 380 g/mol. The summed E-state index contributed by atoms with van der Waals surface area (Å²) in [6.45, 7) is 0.998. The van der Waals surface area contributed by atoms with Crippen molar-refractivity contribution in [3.8, 4) is 0 Å². The van der Waals surface area contributed by atoms with Gasteiger partial charge in [-0.25, -0.2) is 4.79 Å². The highest BCUT2D eigenvalue weighted by Crippen LogP contribution is 2.34. The SMILES string of the molecule is COC(=O)c1ccc(Br)c(CN2CCCC(C(F)(F)F)C2)c1. The number of carbonyl (C=O) groups is 1. The highest BCUT2D eigenvalue weighted by Gasteiger charge is 2.41. The molecule has 1 saturated heterocycles. The van der Waals surface area contributed by atoms with Crippen LogP contribution in [0.1, 0.15) is 28.8 Å². The lowest BCUT2D eigenvalue weighted by Crippen LogP contribution is -2.41. The third kappa shape index (κ3) is 4.23. The first-order valence-electron chi connectivity index (χ1n) is 6.97. The van der Waals surface area contributed by atoms with Gasteiger partial charge in [-0.05, 0) is 43.1 Å². The molecule has 1 aliphatic heterocycles. The van der Waals surface area contributed by atoms with E-state index >= 15 is 0 Å². The Labute approximate surface area is 135 Å². The molecule has 1 atom stereocenters. The number of likely N-dealkylation sites (tertiary alicyclic amines) is 1. The number of hydrogen-bond donors (Lipinski definition) is 0. The lowest BCUT2D eigenvalue weighted by molar-refractivity contribution is -0.187. The zero-order valence-electron chi connectivity index (χ0n) is 12.1. The minimum absolute atomic E-state index is 0.00160. The Hall–Kier alpha value is -1.08. The van der Waals surface area contributed by atoms with Crippen LogP contribution in [0.5, 0.6) is 0 Å². The number of hydrogen-bond acceptors (Lipinski definition) is 3. The molecule has 0 radical (unpaired) electrons. The Balaban J connectivity index is 2.11. The molecular formula is C15H17BrF3NO2. The van der Waals surface area contributed by atoms with Crippen LogP contribution in [0.3, 0.4) is 0 Å². The quantitative estimate of drug-likeness (QED) is 0.743. The first kappa shape index (κ1) is 17.3. The predicted molar refractivity (Wildman–Crippen MR) is 79.5 cm³/mol. The smallest absolute Gasteiger partial charge is 0.393 e. The summed E-state index contributed by atoms with van der Waals surface area (Å²) in [5, 5.41) is 0. The molecular weight excluding hydrogens is 363 g/mol. The van der Waals surface area contributed by atoms with Gasteiger partial charge < -0.3 is 4.74 Å². The molecule has 2 rings (SSSR count). The van der Waals surface area contributed by atoms with Gasteiger partial charge in [0, 0.05) is 17.6 Å². The molecule has 22 heavy (non-hydrogen) atoms. The molecule has 0 spiro atoms. The van der Waals surface area contributed by atoms with Gasteiger partial charge in [0.05, 0.1) is 18.6 Å². The van der Waals surface area contributed by atoms with E-state index in [2.05, 4.69) is 20.7 Å². The summed E-state index contributed by atoms with van der Waals surface area (Å²) in [5.74, 6) is -1.73. The topological polar surface area (TPSA) is 29.5 Å². The lowest BCUT2D eigenvalue weighted by Gasteiger charge is -2.33. The van der Waals surface area contributed by atoms with Gasteiger partial charge in [0.1, 0.15) is 0 Å². The number of carbonyl (C=O) groups excluding carboxylic acids is 1. The molecule has 3 nitrogen and oxygen atoms in total. The molecule has 1 fully saturated rings. The molecule has 0 saturated carbocycles. The number of ether oxygens (including phenoxy) is 1. The second kappa shape index (κ2) is 7.00. The Bertz CT molecular complexity index is 548. The normalized spacial score (nSPS) is 20.0. The van der Waals surface area contributed by atoms with Crippen LogP contribution < -0.4 is 0 Å². The van der Waals surface area contributed by atoms with Gasteiger partial charge in [-0.1, -0.05) is 15.9 Å². The number of methoxy groups -OCH3 is 1. The summed E-state index contributed by atoms with van der Waals surface area (Å²) in [6, 6.07) is 4.99. The average Bonchev–Trinajstić information content (AvgIpc) is 2.48. The fraction of sp³-hybridized carbons (Fsp3) is 0.533. The number of benzene rings is 1. The molecule has 0 aliphatic carbocycles. The van der Waals surface area contributed by atoms with Gasteiger partial charge in [0.15, 0.2) is 0 Å². The molecule has 1 aromatic carbocycles. The van der Waals surface area contributed by atoms with E-state index in [1.807, 2.05) is 0 Å². The summed E-state index contributed by atoms with van der Waals surface area (Å²) in [5.41, 5.74) is 1.18. The monoisotopic (exact) mass is 379 g/mol. The number of nitrogens with zero attached hydrogens (tertiary/aromatic N) is 1. The summed E-state index contributed by atoms with van der Waals surface area (Å²) in [7, 11) is 1.29. The number of halogens is 4. The van der Waals surface area contributed by atoms with E-state index in [4.69, 9.17) is 0 Å². The standard InChI is InChI=1S/C15H17BrF3NO2/c1-22-14(21)10-4-5-13(16)11(7-10)8-20-6-2-3-12(9-20)15(17,18)19/h4-5,7,12H,2-3,6,8-9H2,1H3. The number of esters is 1. The van der Waals surface area contributed by atoms with E-state index in [0.717, 1.165) is 10.0 Å². The van der Waals surface area contributed by atoms with Gasteiger partial charge in [0.2, 0.25) is 0 Å². The molecule has 1 aromatic rings. The fourth-order valence-electron chi connectivity index (χ4n) is 2.65. The molecule has 7 heteroatoms. The summed E-state index contributed by atoms with van der Waals surface area (Å²) < 4.78 is 44.0. The number of alkyl halides is 3. The Morgan fingerprint density at radius 3 is 2.82 bits per heavy atom. The zero-order valence-corrected chi connectivity index (χ0v) is 13.7. The molecule has 0 amide bonds. The molecule has 0 bridgehead atoms. The van der Waals surface area contributed by atoms with Crippen molar-refractivity contribution in [2.24, 2.45) is 5.92 Å². The van der Waals surface area contributed by atoms with Gasteiger partial charge >= 0.3 is 12.1 Å². The third-order valence-corrected chi connectivity index (χ3v) is 4.60. The molecule has 122 valence electrons. The van der Waals surface area contributed by atoms with Crippen LogP contribution in [0.2, 0.25) is 0 Å². The van der Waals surface area contributed by atoms with E-state index < -0.39 is 18.1 Å². The Morgan fingerprint density at radius 2 is 2.18 bits per heavy atom. The second-order valence-electron chi connectivity index (χ2n) is 5.41. The third-order valence-electron chi connectivity index (χ3n) is 3.83. The van der Waals surface area contributed by atoms with Crippen molar-refractivity contribution >= 4 is 21.9 Å². The first-order chi connectivity index (χ1) is 10.3. The minimum Gasteiger partial charge on any atom is -0.465 e. The molecule has 1 heterocycles. The predicted octanol–water partition coefficient (Wildman–Crippen LogP) is 4.01. The van der Waals surface area contributed by atoms with E-state index in [-0.39, 0.29) is 13.0 Å². The van der Waals surface area contributed by atoms with Crippen LogP contribution in [0.4, 0.5) is 13.2 Å². The van der Waals surface area contributed by atoms with Crippen molar-refractivity contribution in [2.75, 3.05) is 20.2 Å². The van der Waals surface area contributed by atoms with E-state index in [1.54, 1.807) is 23.1 Å². The van der Waals surface area contributed by atoms with E-state index in [1.165, 1.54) is 7.11 Å². The van der Waals surface area contributed by atoms with E-state index in [0.29, 0.717) is 25.1 Å². The molecule has 0 N–H and O–H groups in total. The maximum atomic E-state index is 12.9. The minimum atomic E-state index is -4.15. The van der Waals surface area contributed by atoms with Crippen molar-refractivity contribution in [3.63, 3.8) is 0 Å². The van der Waals surface area contributed by atoms with Crippen LogP contribution in [0.15, 0.2) is 22.7 Å². The van der Waals surface area contributed by atoms with Crippen molar-refractivity contribution < 1.29 is 22.7 Å². The number of rotatable bonds is 3. The van der Waals surface area contributed by atoms with E-state index in [9.17, 15) is 18.0 Å². The van der Waals surface area contributed by atoms with Gasteiger partial charge in [-0.2, -0.15) is 13.2 Å². The number of piperidine rings is 1. The molecule has 0 aromatic heterocycles. The van der Waals surface area contributed by atoms with Crippen molar-refractivity contribution in [2.45, 2.75) is 25.6 Å². The van der Waals surface area contributed by atoms with Crippen molar-refractivity contribution in [1.82, 2.24) is 4.90 Å². The van der Waals surface area contributed by atoms with Crippen LogP contribution in [-0.4, -0.2) is 37.2 Å². The zero-order chi connectivity index (χ0) is 16.3. The summed E-state index contributed by atoms with van der Waals surface area (Å²) >= 11 is 3.38. The van der Waals surface area contributed by atoms with Crippen LogP contribution in [0, 0.1) is 5.92 Å². The Kier molecular flexibility index (Phi) is 5.50. The fourth-order valence-corrected chi connectivity index (χ4v) is 3.02. The first-order valence-corrected chi connectivity index (χ1v) is 7.76. The van der Waals surface area contributed by atoms with Crippen molar-refractivity contribution in [1.29, 1.82) is 0 Å². The Morgan fingerprint density at radius 1 is 1.45 bits per heavy atom. The largest absolute Gasteiger partial charge is 0.465 e. The van der Waals surface area contributed by atoms with Gasteiger partial charge in [0.25, 0.3) is 0 Å². The van der Waals surface area contributed by atoms with Crippen LogP contribution >= 0.6 is 15.9 Å². The lowest BCUT2D eigenvalue weighted by atomic mass is 9.97. The summed E-state index contributed by atoms with van der Waals surface area (Å²) in [4.78, 5) is 13.3. The van der Waals surface area contributed by atoms with Crippen molar-refractivity contribution in [3.05, 3.63) is 33.8 Å². The summed E-state index contributed by atoms with van der Waals surface area (Å²) in [6.07, 6.45) is -3.44. The maximum Gasteiger partial charge on any atom is 0.393 e. The highest BCUT2D eigenvalue weighted by molar-refractivity contribution is 9.10. The van der Waals surface area contributed by atoms with Gasteiger partial charge in [-0.3, -0.25) is 4.90 Å².